The van der Waals surface area contributed by atoms with Gasteiger partial charge in [0.1, 0.15) is 0 Å². The van der Waals surface area contributed by atoms with Crippen molar-refractivity contribution in [3.8, 4) is 0 Å². The Hall–Kier alpha value is -0.300. The van der Waals surface area contributed by atoms with E-state index in [1.165, 1.54) is 29.1 Å². The highest BCUT2D eigenvalue weighted by molar-refractivity contribution is 7.96. The smallest absolute Gasteiger partial charge is 0.0145 e. The second-order valence-electron chi connectivity index (χ2n) is 3.10. The zero-order valence-electron chi connectivity index (χ0n) is 8.38. The number of rotatable bonds is 5. The lowest BCUT2D eigenvalue weighted by molar-refractivity contribution is 0.706. The molecule has 0 spiro atoms. The standard InChI is InChI=1S/C11H20S/c1-5-10(2)6-7-11(3)8-9-12-4/h5-7,11-12H,4,8-9H2,1-3H3/b7-6-,10-5-. The van der Waals surface area contributed by atoms with E-state index in [-0.39, 0.29) is 0 Å². The van der Waals surface area contributed by atoms with Gasteiger partial charge in [0.05, 0.1) is 0 Å². The van der Waals surface area contributed by atoms with Crippen molar-refractivity contribution in [1.29, 1.82) is 0 Å². The molecule has 12 heavy (non-hydrogen) atoms. The first-order chi connectivity index (χ1) is 5.70. The molecule has 0 amide bonds. The quantitative estimate of drug-likeness (QED) is 0.378. The van der Waals surface area contributed by atoms with Crippen molar-refractivity contribution in [3.63, 3.8) is 0 Å². The molecule has 0 aliphatic heterocycles. The summed E-state index contributed by atoms with van der Waals surface area (Å²) in [6, 6.07) is 0. The fraction of sp³-hybridized carbons (Fsp3) is 0.545. The van der Waals surface area contributed by atoms with Gasteiger partial charge in [-0.15, -0.1) is 0 Å². The fourth-order valence-electron chi connectivity index (χ4n) is 0.803. The third kappa shape index (κ3) is 6.41. The van der Waals surface area contributed by atoms with Crippen LogP contribution < -0.4 is 0 Å². The Morgan fingerprint density at radius 3 is 2.75 bits per heavy atom. The minimum absolute atomic E-state index is 0.689. The molecule has 70 valence electrons. The van der Waals surface area contributed by atoms with Gasteiger partial charge < -0.3 is 0 Å². The largest absolute Gasteiger partial charge is 0.208 e. The third-order valence-electron chi connectivity index (χ3n) is 1.89. The van der Waals surface area contributed by atoms with Gasteiger partial charge in [-0.05, 0) is 31.9 Å². The van der Waals surface area contributed by atoms with Crippen molar-refractivity contribution in [2.24, 2.45) is 5.92 Å². The lowest BCUT2D eigenvalue weighted by Gasteiger charge is -2.02. The van der Waals surface area contributed by atoms with Crippen LogP contribution in [-0.2, 0) is 0 Å². The van der Waals surface area contributed by atoms with E-state index in [1.807, 2.05) is 0 Å². The van der Waals surface area contributed by atoms with Gasteiger partial charge >= 0.3 is 0 Å². The Bertz CT molecular complexity index is 177. The first-order valence-electron chi connectivity index (χ1n) is 4.44. The van der Waals surface area contributed by atoms with Crippen LogP contribution >= 0.6 is 11.4 Å². The van der Waals surface area contributed by atoms with Gasteiger partial charge in [-0.2, -0.15) is 0 Å². The Kier molecular flexibility index (Phi) is 7.17. The maximum atomic E-state index is 3.81. The summed E-state index contributed by atoms with van der Waals surface area (Å²) in [4.78, 5) is 0. The number of hydrogen-bond donors (Lipinski definition) is 1. The van der Waals surface area contributed by atoms with Gasteiger partial charge in [0.2, 0.25) is 0 Å². The second-order valence-corrected chi connectivity index (χ2v) is 4.00. The zero-order valence-corrected chi connectivity index (χ0v) is 9.27. The van der Waals surface area contributed by atoms with E-state index >= 15 is 0 Å². The molecule has 0 nitrogen and oxygen atoms in total. The van der Waals surface area contributed by atoms with Crippen molar-refractivity contribution in [1.82, 2.24) is 0 Å². The van der Waals surface area contributed by atoms with Gasteiger partial charge in [-0.3, -0.25) is 0 Å². The molecule has 0 aromatic heterocycles. The van der Waals surface area contributed by atoms with Crippen molar-refractivity contribution >= 4 is 17.2 Å². The molecule has 0 radical (unpaired) electrons. The van der Waals surface area contributed by atoms with Crippen molar-refractivity contribution < 1.29 is 0 Å². The average Bonchev–Trinajstić information content (AvgIpc) is 2.10. The molecule has 0 N–H and O–H groups in total. The molecular formula is C11H20S. The van der Waals surface area contributed by atoms with Crippen molar-refractivity contribution in [2.45, 2.75) is 27.2 Å². The van der Waals surface area contributed by atoms with E-state index in [0.29, 0.717) is 5.92 Å². The van der Waals surface area contributed by atoms with Crippen molar-refractivity contribution in [2.75, 3.05) is 5.75 Å². The first kappa shape index (κ1) is 11.7. The summed E-state index contributed by atoms with van der Waals surface area (Å²) < 4.78 is 0. The number of thiol groups is 1. The zero-order chi connectivity index (χ0) is 9.40. The van der Waals surface area contributed by atoms with Crippen LogP contribution in [0.15, 0.2) is 23.8 Å². The van der Waals surface area contributed by atoms with E-state index in [2.05, 4.69) is 44.9 Å². The van der Waals surface area contributed by atoms with Gasteiger partial charge in [-0.1, -0.05) is 36.6 Å². The van der Waals surface area contributed by atoms with Crippen molar-refractivity contribution in [3.05, 3.63) is 23.8 Å². The van der Waals surface area contributed by atoms with Gasteiger partial charge in [0, 0.05) is 0 Å². The summed E-state index contributed by atoms with van der Waals surface area (Å²) in [5, 5.41) is 0. The molecule has 0 aliphatic rings. The summed E-state index contributed by atoms with van der Waals surface area (Å²) in [6.07, 6.45) is 7.85. The highest BCUT2D eigenvalue weighted by atomic mass is 32.1. The van der Waals surface area contributed by atoms with E-state index < -0.39 is 0 Å². The molecular weight excluding hydrogens is 164 g/mol. The van der Waals surface area contributed by atoms with Crippen LogP contribution in [0.4, 0.5) is 0 Å². The number of hydrogen-bond acceptors (Lipinski definition) is 0. The monoisotopic (exact) mass is 184 g/mol. The summed E-state index contributed by atoms with van der Waals surface area (Å²) in [5.41, 5.74) is 1.34. The molecule has 0 rings (SSSR count). The predicted octanol–water partition coefficient (Wildman–Crippen LogP) is 3.43. The highest BCUT2D eigenvalue weighted by Crippen LogP contribution is 2.07. The summed E-state index contributed by atoms with van der Waals surface area (Å²) in [6.45, 7) is 6.45. The topological polar surface area (TPSA) is 0 Å². The molecule has 0 heterocycles. The molecule has 0 aromatic rings. The second kappa shape index (κ2) is 7.35. The third-order valence-corrected chi connectivity index (χ3v) is 2.46. The van der Waals surface area contributed by atoms with Gasteiger partial charge in [0.25, 0.3) is 0 Å². The summed E-state index contributed by atoms with van der Waals surface area (Å²) >= 11 is 1.26. The highest BCUT2D eigenvalue weighted by Gasteiger charge is 1.93. The SMILES string of the molecule is C=[SH]CCC(C)/C=C\C(C)=C/C. The molecule has 0 fully saturated rings. The summed E-state index contributed by atoms with van der Waals surface area (Å²) in [7, 11) is 0. The van der Waals surface area contributed by atoms with Crippen LogP contribution in [0.3, 0.4) is 0 Å². The average molecular weight is 184 g/mol. The Morgan fingerprint density at radius 1 is 1.58 bits per heavy atom. The number of allylic oxidation sites excluding steroid dienone is 4. The van der Waals surface area contributed by atoms with E-state index in [0.717, 1.165) is 0 Å². The maximum absolute atomic E-state index is 3.81. The molecule has 0 aliphatic carbocycles. The minimum atomic E-state index is 0.689. The Morgan fingerprint density at radius 2 is 2.25 bits per heavy atom. The Balaban J connectivity index is 3.74. The maximum Gasteiger partial charge on any atom is -0.0145 e. The van der Waals surface area contributed by atoms with E-state index in [4.69, 9.17) is 0 Å². The van der Waals surface area contributed by atoms with E-state index in [9.17, 15) is 0 Å². The molecule has 0 bridgehead atoms. The fourth-order valence-corrected chi connectivity index (χ4v) is 1.39. The molecule has 0 aromatic carbocycles. The molecule has 1 atom stereocenters. The molecule has 1 heteroatoms. The van der Waals surface area contributed by atoms with Crippen LogP contribution in [0.5, 0.6) is 0 Å². The van der Waals surface area contributed by atoms with Gasteiger partial charge in [0.15, 0.2) is 0 Å². The first-order valence-corrected chi connectivity index (χ1v) is 5.70. The van der Waals surface area contributed by atoms with Crippen LogP contribution in [0.1, 0.15) is 27.2 Å². The van der Waals surface area contributed by atoms with Crippen LogP contribution in [0.25, 0.3) is 0 Å². The Labute approximate surface area is 80.3 Å². The predicted molar refractivity (Wildman–Crippen MR) is 63.3 cm³/mol. The lowest BCUT2D eigenvalue weighted by Crippen LogP contribution is -1.90. The molecule has 0 saturated heterocycles. The minimum Gasteiger partial charge on any atom is -0.208 e. The molecule has 0 saturated carbocycles. The van der Waals surface area contributed by atoms with Crippen LogP contribution in [-0.4, -0.2) is 11.6 Å². The van der Waals surface area contributed by atoms with Crippen LogP contribution in [0, 0.1) is 5.92 Å². The molecule has 1 unspecified atom stereocenters. The van der Waals surface area contributed by atoms with Crippen LogP contribution in [0.2, 0.25) is 0 Å². The van der Waals surface area contributed by atoms with E-state index in [1.54, 1.807) is 0 Å². The lowest BCUT2D eigenvalue weighted by atomic mass is 10.1. The summed E-state index contributed by atoms with van der Waals surface area (Å²) in [5.74, 6) is 5.70. The van der Waals surface area contributed by atoms with Gasteiger partial charge in [-0.25, -0.2) is 11.4 Å². The normalized spacial score (nSPS) is 15.4.